The Hall–Kier alpha value is -4.23. The average Bonchev–Trinajstić information content (AvgIpc) is 2.89. The normalized spacial score (nSPS) is 14.7. The quantitative estimate of drug-likeness (QED) is 0.482. The molecule has 2 atom stereocenters. The number of anilines is 1. The molecule has 7 nitrogen and oxygen atoms in total. The first kappa shape index (κ1) is 22.9. The molecule has 2 heterocycles. The van der Waals surface area contributed by atoms with Gasteiger partial charge >= 0.3 is 5.97 Å². The van der Waals surface area contributed by atoms with E-state index in [9.17, 15) is 19.8 Å². The number of allylic oxidation sites excluding steroid dienone is 2. The molecule has 0 radical (unpaired) electrons. The van der Waals surface area contributed by atoms with Crippen molar-refractivity contribution in [3.63, 3.8) is 0 Å². The minimum absolute atomic E-state index is 0.167. The Morgan fingerprint density at radius 2 is 1.71 bits per heavy atom. The fourth-order valence-electron chi connectivity index (χ4n) is 3.87. The molecule has 0 fully saturated rings. The summed E-state index contributed by atoms with van der Waals surface area (Å²) in [4.78, 5) is 31.1. The number of aliphatic hydroxyl groups excluding tert-OH is 1. The maximum atomic E-state index is 13.3. The van der Waals surface area contributed by atoms with Crippen LogP contribution in [0.1, 0.15) is 21.5 Å². The number of aromatic nitrogens is 1. The zero-order valence-electron chi connectivity index (χ0n) is 18.4. The molecule has 0 bridgehead atoms. The molecular weight excluding hydrogens is 430 g/mol. The number of carbonyl (C=O) groups excluding carboxylic acids is 1. The van der Waals surface area contributed by atoms with E-state index in [4.69, 9.17) is 0 Å². The van der Waals surface area contributed by atoms with Gasteiger partial charge in [-0.2, -0.15) is 0 Å². The molecule has 1 aliphatic rings. The molecule has 2 unspecified atom stereocenters. The molecule has 3 aromatic rings. The monoisotopic (exact) mass is 455 g/mol. The lowest BCUT2D eigenvalue weighted by Gasteiger charge is -2.27. The lowest BCUT2D eigenvalue weighted by atomic mass is 10.0. The lowest BCUT2D eigenvalue weighted by molar-refractivity contribution is -0.148. The van der Waals surface area contributed by atoms with E-state index in [-0.39, 0.29) is 12.0 Å². The fraction of sp³-hybridized carbons (Fsp3) is 0.148. The van der Waals surface area contributed by atoms with Crippen molar-refractivity contribution in [3.05, 3.63) is 114 Å². The summed E-state index contributed by atoms with van der Waals surface area (Å²) in [6, 6.07) is 21.3. The summed E-state index contributed by atoms with van der Waals surface area (Å²) < 4.78 is 0. The van der Waals surface area contributed by atoms with Crippen molar-refractivity contribution in [3.8, 4) is 0 Å². The van der Waals surface area contributed by atoms with Crippen LogP contribution in [-0.4, -0.2) is 45.8 Å². The molecular formula is C27H25N3O4. The number of hydrogen-bond donors (Lipinski definition) is 3. The average molecular weight is 456 g/mol. The SMILES string of the molecule is O=C(NC(Cc1ccccc1)C(O)C(=O)O)c1cccnc1N1C=CC=C(c2ccccc2)C1. The molecule has 0 saturated carbocycles. The van der Waals surface area contributed by atoms with E-state index in [1.165, 1.54) is 0 Å². The van der Waals surface area contributed by atoms with Gasteiger partial charge in [-0.25, -0.2) is 9.78 Å². The number of hydrogen-bond acceptors (Lipinski definition) is 5. The molecule has 0 spiro atoms. The van der Waals surface area contributed by atoms with Crippen LogP contribution in [0.15, 0.2) is 97.3 Å². The number of aliphatic carboxylic acids is 1. The third-order valence-electron chi connectivity index (χ3n) is 5.60. The second kappa shape index (κ2) is 10.6. The van der Waals surface area contributed by atoms with Crippen LogP contribution in [0.2, 0.25) is 0 Å². The Labute approximate surface area is 197 Å². The van der Waals surface area contributed by atoms with Crippen LogP contribution in [0.4, 0.5) is 5.82 Å². The van der Waals surface area contributed by atoms with Gasteiger partial charge < -0.3 is 20.4 Å². The van der Waals surface area contributed by atoms with Gasteiger partial charge in [0.05, 0.1) is 11.6 Å². The van der Waals surface area contributed by atoms with E-state index in [0.29, 0.717) is 12.4 Å². The number of benzene rings is 2. The number of rotatable bonds is 8. The zero-order chi connectivity index (χ0) is 23.9. The summed E-state index contributed by atoms with van der Waals surface area (Å²) in [5.74, 6) is -1.46. The molecule has 0 aliphatic carbocycles. The molecule has 172 valence electrons. The van der Waals surface area contributed by atoms with Crippen molar-refractivity contribution in [1.82, 2.24) is 10.3 Å². The van der Waals surface area contributed by atoms with Gasteiger partial charge in [0.2, 0.25) is 0 Å². The Balaban J connectivity index is 1.56. The summed E-state index contributed by atoms with van der Waals surface area (Å²) in [5.41, 5.74) is 3.24. The van der Waals surface area contributed by atoms with Gasteiger partial charge in [-0.15, -0.1) is 0 Å². The maximum absolute atomic E-state index is 13.3. The first-order valence-corrected chi connectivity index (χ1v) is 10.9. The van der Waals surface area contributed by atoms with E-state index in [1.807, 2.05) is 83.9 Å². The van der Waals surface area contributed by atoms with E-state index in [2.05, 4.69) is 10.3 Å². The Morgan fingerprint density at radius 1 is 1.00 bits per heavy atom. The number of nitrogens with one attached hydrogen (secondary N) is 1. The summed E-state index contributed by atoms with van der Waals surface area (Å²) in [5, 5.41) is 22.3. The predicted octanol–water partition coefficient (Wildman–Crippen LogP) is 3.29. The lowest BCUT2D eigenvalue weighted by Crippen LogP contribution is -2.48. The molecule has 4 rings (SSSR count). The van der Waals surface area contributed by atoms with Crippen LogP contribution >= 0.6 is 0 Å². The van der Waals surface area contributed by atoms with Crippen molar-refractivity contribution in [2.24, 2.45) is 0 Å². The second-order valence-corrected chi connectivity index (χ2v) is 7.95. The molecule has 2 aromatic carbocycles. The molecule has 7 heteroatoms. The van der Waals surface area contributed by atoms with E-state index >= 15 is 0 Å². The van der Waals surface area contributed by atoms with Crippen LogP contribution < -0.4 is 10.2 Å². The van der Waals surface area contributed by atoms with E-state index in [1.54, 1.807) is 18.3 Å². The van der Waals surface area contributed by atoms with Gasteiger partial charge in [-0.3, -0.25) is 4.79 Å². The van der Waals surface area contributed by atoms with Crippen molar-refractivity contribution in [2.45, 2.75) is 18.6 Å². The maximum Gasteiger partial charge on any atom is 0.334 e. The molecule has 3 N–H and O–H groups in total. The third-order valence-corrected chi connectivity index (χ3v) is 5.60. The summed E-state index contributed by atoms with van der Waals surface area (Å²) >= 11 is 0. The molecule has 34 heavy (non-hydrogen) atoms. The largest absolute Gasteiger partial charge is 0.479 e. The highest BCUT2D eigenvalue weighted by atomic mass is 16.4. The first-order valence-electron chi connectivity index (χ1n) is 10.9. The van der Waals surface area contributed by atoms with Crippen molar-refractivity contribution in [1.29, 1.82) is 0 Å². The minimum atomic E-state index is -1.76. The number of pyridine rings is 1. The number of carboxylic acid groups (broad SMARTS) is 1. The highest BCUT2D eigenvalue weighted by molar-refractivity contribution is 6.00. The van der Waals surface area contributed by atoms with Crippen molar-refractivity contribution in [2.75, 3.05) is 11.4 Å². The minimum Gasteiger partial charge on any atom is -0.479 e. The van der Waals surface area contributed by atoms with Gasteiger partial charge in [0.25, 0.3) is 5.91 Å². The highest BCUT2D eigenvalue weighted by Gasteiger charge is 2.29. The number of carbonyl (C=O) groups is 2. The number of carboxylic acids is 1. The van der Waals surface area contributed by atoms with Gasteiger partial charge in [0.15, 0.2) is 6.10 Å². The van der Waals surface area contributed by atoms with E-state index in [0.717, 1.165) is 16.7 Å². The Bertz CT molecular complexity index is 1210. The zero-order valence-corrected chi connectivity index (χ0v) is 18.4. The smallest absolute Gasteiger partial charge is 0.334 e. The summed E-state index contributed by atoms with van der Waals surface area (Å²) in [6.07, 6.45) is 5.78. The molecule has 1 amide bonds. The van der Waals surface area contributed by atoms with E-state index < -0.39 is 24.0 Å². The number of aliphatic hydroxyl groups is 1. The first-order chi connectivity index (χ1) is 16.5. The van der Waals surface area contributed by atoms with Crippen LogP contribution in [0.3, 0.4) is 0 Å². The van der Waals surface area contributed by atoms with Crippen LogP contribution in [-0.2, 0) is 11.2 Å². The fourth-order valence-corrected chi connectivity index (χ4v) is 3.87. The van der Waals surface area contributed by atoms with Crippen LogP contribution in [0.25, 0.3) is 5.57 Å². The Morgan fingerprint density at radius 3 is 2.41 bits per heavy atom. The van der Waals surface area contributed by atoms with Crippen molar-refractivity contribution >= 4 is 23.3 Å². The number of nitrogens with zero attached hydrogens (tertiary/aromatic N) is 2. The van der Waals surface area contributed by atoms with Crippen molar-refractivity contribution < 1.29 is 19.8 Å². The second-order valence-electron chi connectivity index (χ2n) is 7.95. The van der Waals surface area contributed by atoms with Gasteiger partial charge in [-0.1, -0.05) is 66.7 Å². The van der Waals surface area contributed by atoms with Gasteiger partial charge in [-0.05, 0) is 41.3 Å². The Kier molecular flexibility index (Phi) is 7.15. The molecule has 1 aliphatic heterocycles. The third kappa shape index (κ3) is 5.39. The number of amides is 1. The predicted molar refractivity (Wildman–Crippen MR) is 130 cm³/mol. The van der Waals surface area contributed by atoms with Crippen LogP contribution in [0, 0.1) is 0 Å². The summed E-state index contributed by atoms with van der Waals surface area (Å²) in [7, 11) is 0. The molecule has 1 aromatic heterocycles. The van der Waals surface area contributed by atoms with Crippen LogP contribution in [0.5, 0.6) is 0 Å². The van der Waals surface area contributed by atoms with Gasteiger partial charge in [0.1, 0.15) is 5.82 Å². The molecule has 0 saturated heterocycles. The van der Waals surface area contributed by atoms with Gasteiger partial charge in [0, 0.05) is 18.9 Å². The summed E-state index contributed by atoms with van der Waals surface area (Å²) in [6.45, 7) is 0.517. The standard InChI is InChI=1S/C27H25N3O4/c31-24(27(33)34)23(17-19-9-3-1-4-10-19)29-26(32)22-14-7-15-28-25(22)30-16-8-13-21(18-30)20-11-5-2-6-12-20/h1-16,23-24,31H,17-18H2,(H,29,32)(H,33,34). The highest BCUT2D eigenvalue weighted by Crippen LogP contribution is 2.25. The topological polar surface area (TPSA) is 103 Å².